The van der Waals surface area contributed by atoms with Gasteiger partial charge in [0.2, 0.25) is 5.12 Å². The first-order chi connectivity index (χ1) is 8.18. The Morgan fingerprint density at radius 2 is 1.88 bits per heavy atom. The van der Waals surface area contributed by atoms with Gasteiger partial charge in [-0.25, -0.2) is 4.98 Å². The maximum atomic E-state index is 12.0. The molecular formula is C12H7Cl2NOS. The van der Waals surface area contributed by atoms with Crippen LogP contribution in [0.4, 0.5) is 0 Å². The molecule has 0 unspecified atom stereocenters. The molecule has 0 aliphatic heterocycles. The molecule has 0 fully saturated rings. The SMILES string of the molecule is O=C(Sc1ccccc1Cl)c1cccnc1Cl. The van der Waals surface area contributed by atoms with E-state index >= 15 is 0 Å². The van der Waals surface area contributed by atoms with Crippen molar-refractivity contribution in [1.29, 1.82) is 0 Å². The van der Waals surface area contributed by atoms with E-state index in [1.807, 2.05) is 12.1 Å². The predicted octanol–water partition coefficient (Wildman–Crippen LogP) is 4.32. The van der Waals surface area contributed by atoms with Crippen molar-refractivity contribution < 1.29 is 4.79 Å². The second kappa shape index (κ2) is 5.54. The normalized spacial score (nSPS) is 10.2. The number of rotatable bonds is 2. The van der Waals surface area contributed by atoms with E-state index in [4.69, 9.17) is 23.2 Å². The Labute approximate surface area is 113 Å². The summed E-state index contributed by atoms with van der Waals surface area (Å²) in [6.45, 7) is 0. The largest absolute Gasteiger partial charge is 0.281 e. The Balaban J connectivity index is 2.24. The molecule has 5 heteroatoms. The molecule has 2 aromatic rings. The highest BCUT2D eigenvalue weighted by Gasteiger charge is 2.13. The van der Waals surface area contributed by atoms with Gasteiger partial charge in [-0.3, -0.25) is 4.79 Å². The summed E-state index contributed by atoms with van der Waals surface area (Å²) in [6.07, 6.45) is 1.54. The molecule has 2 nitrogen and oxygen atoms in total. The molecule has 0 radical (unpaired) electrons. The number of hydrogen-bond donors (Lipinski definition) is 0. The lowest BCUT2D eigenvalue weighted by molar-refractivity contribution is 0.108. The van der Waals surface area contributed by atoms with Gasteiger partial charge in [-0.15, -0.1) is 0 Å². The van der Waals surface area contributed by atoms with Gasteiger partial charge in [0, 0.05) is 11.1 Å². The van der Waals surface area contributed by atoms with Gasteiger partial charge in [0.25, 0.3) is 0 Å². The van der Waals surface area contributed by atoms with E-state index in [9.17, 15) is 4.79 Å². The number of benzene rings is 1. The van der Waals surface area contributed by atoms with Gasteiger partial charge in [0.05, 0.1) is 10.6 Å². The van der Waals surface area contributed by atoms with Crippen LogP contribution in [0.15, 0.2) is 47.5 Å². The lowest BCUT2D eigenvalue weighted by Gasteiger charge is -2.03. The minimum absolute atomic E-state index is 0.170. The van der Waals surface area contributed by atoms with Crippen LogP contribution in [0.1, 0.15) is 10.4 Å². The number of nitrogens with zero attached hydrogens (tertiary/aromatic N) is 1. The minimum Gasteiger partial charge on any atom is -0.281 e. The van der Waals surface area contributed by atoms with E-state index in [2.05, 4.69) is 4.98 Å². The fourth-order valence-electron chi connectivity index (χ4n) is 1.22. The van der Waals surface area contributed by atoms with Crippen molar-refractivity contribution in [2.75, 3.05) is 0 Å². The molecule has 0 atom stereocenters. The highest BCUT2D eigenvalue weighted by atomic mass is 35.5. The fraction of sp³-hybridized carbons (Fsp3) is 0. The van der Waals surface area contributed by atoms with Crippen LogP contribution in [0, 0.1) is 0 Å². The van der Waals surface area contributed by atoms with Gasteiger partial charge in [0.1, 0.15) is 5.15 Å². The van der Waals surface area contributed by atoms with Crippen LogP contribution in [0.2, 0.25) is 10.2 Å². The van der Waals surface area contributed by atoms with Crippen molar-refractivity contribution in [3.63, 3.8) is 0 Å². The smallest absolute Gasteiger partial charge is 0.227 e. The van der Waals surface area contributed by atoms with E-state index in [1.54, 1.807) is 30.5 Å². The molecule has 1 aromatic heterocycles. The summed E-state index contributed by atoms with van der Waals surface area (Å²) in [4.78, 5) is 16.5. The lowest BCUT2D eigenvalue weighted by atomic mass is 10.3. The molecule has 0 N–H and O–H groups in total. The first-order valence-corrected chi connectivity index (χ1v) is 6.33. The molecule has 0 saturated carbocycles. The third-order valence-electron chi connectivity index (χ3n) is 2.02. The van der Waals surface area contributed by atoms with Crippen LogP contribution in [0.25, 0.3) is 0 Å². The van der Waals surface area contributed by atoms with Crippen molar-refractivity contribution in [3.8, 4) is 0 Å². The average Bonchev–Trinajstić information content (AvgIpc) is 2.32. The summed E-state index contributed by atoms with van der Waals surface area (Å²) in [5.74, 6) is 0. The third kappa shape index (κ3) is 3.00. The molecule has 0 aliphatic carbocycles. The number of carbonyl (C=O) groups excluding carboxylic acids is 1. The highest BCUT2D eigenvalue weighted by Crippen LogP contribution is 2.30. The molecule has 0 bridgehead atoms. The molecule has 0 spiro atoms. The topological polar surface area (TPSA) is 30.0 Å². The van der Waals surface area contributed by atoms with Crippen LogP contribution in [-0.2, 0) is 0 Å². The quantitative estimate of drug-likeness (QED) is 0.607. The van der Waals surface area contributed by atoms with E-state index in [0.717, 1.165) is 11.8 Å². The van der Waals surface area contributed by atoms with Crippen molar-refractivity contribution in [2.45, 2.75) is 4.90 Å². The molecule has 1 heterocycles. The van der Waals surface area contributed by atoms with Crippen LogP contribution in [-0.4, -0.2) is 10.1 Å². The average molecular weight is 284 g/mol. The Hall–Kier alpha value is -1.03. The molecule has 0 amide bonds. The monoisotopic (exact) mass is 283 g/mol. The molecule has 0 aliphatic rings. The summed E-state index contributed by atoms with van der Waals surface area (Å²) in [7, 11) is 0. The molecule has 86 valence electrons. The van der Waals surface area contributed by atoms with Crippen LogP contribution < -0.4 is 0 Å². The second-order valence-corrected chi connectivity index (χ2v) is 4.94. The zero-order chi connectivity index (χ0) is 12.3. The first-order valence-electron chi connectivity index (χ1n) is 4.75. The Bertz CT molecular complexity index is 560. The van der Waals surface area contributed by atoms with Gasteiger partial charge in [0.15, 0.2) is 0 Å². The summed E-state index contributed by atoms with van der Waals surface area (Å²) in [5.41, 5.74) is 0.388. The standard InChI is InChI=1S/C12H7Cl2NOS/c13-9-5-1-2-6-10(9)17-12(16)8-4-3-7-15-11(8)14/h1-7H. The number of hydrogen-bond acceptors (Lipinski definition) is 3. The van der Waals surface area contributed by atoms with E-state index in [1.165, 1.54) is 0 Å². The number of carbonyl (C=O) groups is 1. The van der Waals surface area contributed by atoms with Crippen LogP contribution in [0.5, 0.6) is 0 Å². The van der Waals surface area contributed by atoms with Gasteiger partial charge in [-0.05, 0) is 36.0 Å². The Kier molecular flexibility index (Phi) is 4.05. The predicted molar refractivity (Wildman–Crippen MR) is 70.9 cm³/mol. The molecule has 17 heavy (non-hydrogen) atoms. The summed E-state index contributed by atoms with van der Waals surface area (Å²) < 4.78 is 0. The number of aromatic nitrogens is 1. The van der Waals surface area contributed by atoms with Gasteiger partial charge < -0.3 is 0 Å². The Morgan fingerprint density at radius 1 is 1.12 bits per heavy atom. The summed E-state index contributed by atoms with van der Waals surface area (Å²) in [6, 6.07) is 10.5. The molecule has 2 rings (SSSR count). The maximum absolute atomic E-state index is 12.0. The minimum atomic E-state index is -0.170. The van der Waals surface area contributed by atoms with Crippen molar-refractivity contribution in [3.05, 3.63) is 58.3 Å². The second-order valence-electron chi connectivity index (χ2n) is 3.16. The summed E-state index contributed by atoms with van der Waals surface area (Å²) >= 11 is 12.9. The molecule has 1 aromatic carbocycles. The van der Waals surface area contributed by atoms with E-state index in [-0.39, 0.29) is 10.3 Å². The van der Waals surface area contributed by atoms with Crippen LogP contribution >= 0.6 is 35.0 Å². The molecular weight excluding hydrogens is 277 g/mol. The zero-order valence-electron chi connectivity index (χ0n) is 8.56. The summed E-state index contributed by atoms with van der Waals surface area (Å²) in [5, 5.41) is 0.583. The number of thioether (sulfide) groups is 1. The third-order valence-corrected chi connectivity index (χ3v) is 3.74. The number of halogens is 2. The van der Waals surface area contributed by atoms with Gasteiger partial charge in [-0.2, -0.15) is 0 Å². The first kappa shape index (κ1) is 12.4. The van der Waals surface area contributed by atoms with Crippen molar-refractivity contribution in [2.24, 2.45) is 0 Å². The number of pyridine rings is 1. The van der Waals surface area contributed by atoms with E-state index in [0.29, 0.717) is 15.5 Å². The lowest BCUT2D eigenvalue weighted by Crippen LogP contribution is -1.95. The zero-order valence-corrected chi connectivity index (χ0v) is 10.9. The molecule has 0 saturated heterocycles. The highest BCUT2D eigenvalue weighted by molar-refractivity contribution is 8.14. The van der Waals surface area contributed by atoms with Crippen LogP contribution in [0.3, 0.4) is 0 Å². The van der Waals surface area contributed by atoms with Gasteiger partial charge in [-0.1, -0.05) is 35.3 Å². The van der Waals surface area contributed by atoms with Crippen molar-refractivity contribution >= 4 is 40.1 Å². The Morgan fingerprint density at radius 3 is 2.59 bits per heavy atom. The van der Waals surface area contributed by atoms with E-state index < -0.39 is 0 Å². The maximum Gasteiger partial charge on any atom is 0.227 e. The van der Waals surface area contributed by atoms with Crippen molar-refractivity contribution in [1.82, 2.24) is 4.98 Å². The van der Waals surface area contributed by atoms with Gasteiger partial charge >= 0.3 is 0 Å². The fourth-order valence-corrected chi connectivity index (χ4v) is 2.52.